The van der Waals surface area contributed by atoms with Crippen molar-refractivity contribution < 1.29 is 0 Å². The lowest BCUT2D eigenvalue weighted by Gasteiger charge is -2.23. The van der Waals surface area contributed by atoms with Gasteiger partial charge in [0.1, 0.15) is 0 Å². The van der Waals surface area contributed by atoms with Gasteiger partial charge in [0.2, 0.25) is 0 Å². The van der Waals surface area contributed by atoms with Gasteiger partial charge in [-0.05, 0) is 45.6 Å². The van der Waals surface area contributed by atoms with E-state index in [1.807, 2.05) is 0 Å². The minimum absolute atomic E-state index is 0.486. The van der Waals surface area contributed by atoms with Gasteiger partial charge in [-0.1, -0.05) is 37.3 Å². The second kappa shape index (κ2) is 7.77. The van der Waals surface area contributed by atoms with Crippen molar-refractivity contribution in [2.75, 3.05) is 40.3 Å². The third-order valence-corrected chi connectivity index (χ3v) is 4.36. The van der Waals surface area contributed by atoms with Gasteiger partial charge in [0.25, 0.3) is 0 Å². The summed E-state index contributed by atoms with van der Waals surface area (Å²) in [6, 6.07) is 12.1. The number of hydrogen-bond acceptors (Lipinski definition) is 3. The Balaban J connectivity index is 1.84. The Morgan fingerprint density at radius 3 is 2.65 bits per heavy atom. The molecule has 2 unspecified atom stereocenters. The number of rotatable bonds is 7. The second-order valence-electron chi connectivity index (χ2n) is 6.02. The van der Waals surface area contributed by atoms with Crippen molar-refractivity contribution in [2.24, 2.45) is 0 Å². The molecule has 1 aliphatic rings. The molecule has 3 nitrogen and oxygen atoms in total. The van der Waals surface area contributed by atoms with Crippen LogP contribution in [0.4, 0.5) is 0 Å². The van der Waals surface area contributed by atoms with Crippen LogP contribution < -0.4 is 5.32 Å². The average molecular weight is 275 g/mol. The van der Waals surface area contributed by atoms with Gasteiger partial charge in [-0.2, -0.15) is 0 Å². The van der Waals surface area contributed by atoms with Crippen LogP contribution in [0.3, 0.4) is 0 Å². The van der Waals surface area contributed by atoms with Gasteiger partial charge < -0.3 is 15.1 Å². The van der Waals surface area contributed by atoms with E-state index in [9.17, 15) is 0 Å². The third-order valence-electron chi connectivity index (χ3n) is 4.36. The summed E-state index contributed by atoms with van der Waals surface area (Å²) in [6.45, 7) is 6.88. The molecular weight excluding hydrogens is 246 g/mol. The number of nitrogens with one attached hydrogen (secondary N) is 1. The van der Waals surface area contributed by atoms with E-state index in [1.54, 1.807) is 0 Å². The van der Waals surface area contributed by atoms with Gasteiger partial charge in [-0.25, -0.2) is 0 Å². The standard InChI is InChI=1S/C17H29N3/c1-4-18-17(15-8-6-5-7-9-15)11-13-20-12-10-16(14-20)19(2)3/h5-9,16-18H,4,10-14H2,1-3H3. The van der Waals surface area contributed by atoms with E-state index >= 15 is 0 Å². The van der Waals surface area contributed by atoms with E-state index in [0.717, 1.165) is 12.6 Å². The zero-order chi connectivity index (χ0) is 14.4. The Hall–Kier alpha value is -0.900. The van der Waals surface area contributed by atoms with Gasteiger partial charge in [0.05, 0.1) is 0 Å². The molecule has 0 aliphatic carbocycles. The highest BCUT2D eigenvalue weighted by molar-refractivity contribution is 5.18. The second-order valence-corrected chi connectivity index (χ2v) is 6.02. The van der Waals surface area contributed by atoms with Crippen LogP contribution in [0.15, 0.2) is 30.3 Å². The number of benzene rings is 1. The molecule has 20 heavy (non-hydrogen) atoms. The van der Waals surface area contributed by atoms with Crippen molar-refractivity contribution in [3.05, 3.63) is 35.9 Å². The van der Waals surface area contributed by atoms with Gasteiger partial charge in [-0.15, -0.1) is 0 Å². The van der Waals surface area contributed by atoms with Crippen molar-refractivity contribution in [3.8, 4) is 0 Å². The Morgan fingerprint density at radius 2 is 2.05 bits per heavy atom. The Labute approximate surface area is 124 Å². The van der Waals surface area contributed by atoms with Crippen molar-refractivity contribution in [2.45, 2.75) is 31.8 Å². The number of likely N-dealkylation sites (N-methyl/N-ethyl adjacent to an activating group) is 1. The van der Waals surface area contributed by atoms with Crippen LogP contribution in [0.25, 0.3) is 0 Å². The topological polar surface area (TPSA) is 18.5 Å². The molecule has 0 radical (unpaired) electrons. The summed E-state index contributed by atoms with van der Waals surface area (Å²) >= 11 is 0. The Kier molecular flexibility index (Phi) is 6.02. The third kappa shape index (κ3) is 4.30. The molecule has 1 aromatic carbocycles. The molecule has 1 aromatic rings. The van der Waals surface area contributed by atoms with Crippen molar-refractivity contribution in [3.63, 3.8) is 0 Å². The molecule has 3 heteroatoms. The highest BCUT2D eigenvalue weighted by atomic mass is 15.2. The minimum Gasteiger partial charge on any atom is -0.310 e. The lowest BCUT2D eigenvalue weighted by Crippen LogP contribution is -2.33. The highest BCUT2D eigenvalue weighted by Crippen LogP contribution is 2.19. The van der Waals surface area contributed by atoms with Gasteiger partial charge in [-0.3, -0.25) is 0 Å². The predicted molar refractivity (Wildman–Crippen MR) is 86.0 cm³/mol. The number of nitrogens with zero attached hydrogens (tertiary/aromatic N) is 2. The van der Waals surface area contributed by atoms with Crippen LogP contribution in [0, 0.1) is 0 Å². The molecule has 2 rings (SSSR count). The zero-order valence-corrected chi connectivity index (χ0v) is 13.2. The fourth-order valence-electron chi connectivity index (χ4n) is 3.07. The fourth-order valence-corrected chi connectivity index (χ4v) is 3.07. The van der Waals surface area contributed by atoms with Crippen molar-refractivity contribution in [1.29, 1.82) is 0 Å². The van der Waals surface area contributed by atoms with Crippen LogP contribution >= 0.6 is 0 Å². The van der Waals surface area contributed by atoms with E-state index in [-0.39, 0.29) is 0 Å². The van der Waals surface area contributed by atoms with Gasteiger partial charge >= 0.3 is 0 Å². The maximum atomic E-state index is 3.62. The summed E-state index contributed by atoms with van der Waals surface area (Å²) in [6.07, 6.45) is 2.50. The predicted octanol–water partition coefficient (Wildman–Crippen LogP) is 2.36. The van der Waals surface area contributed by atoms with E-state index < -0.39 is 0 Å². The van der Waals surface area contributed by atoms with Crippen LogP contribution in [0.1, 0.15) is 31.4 Å². The zero-order valence-electron chi connectivity index (χ0n) is 13.2. The minimum atomic E-state index is 0.486. The van der Waals surface area contributed by atoms with Crippen LogP contribution in [-0.2, 0) is 0 Å². The SMILES string of the molecule is CCNC(CCN1CCC(N(C)C)C1)c1ccccc1. The average Bonchev–Trinajstić information content (AvgIpc) is 2.93. The molecule has 1 saturated heterocycles. The van der Waals surface area contributed by atoms with E-state index in [2.05, 4.69) is 66.5 Å². The first-order valence-corrected chi connectivity index (χ1v) is 7.87. The van der Waals surface area contributed by atoms with Gasteiger partial charge in [0, 0.05) is 25.2 Å². The molecule has 1 heterocycles. The molecule has 2 atom stereocenters. The lowest BCUT2D eigenvalue weighted by atomic mass is 10.0. The van der Waals surface area contributed by atoms with E-state index in [1.165, 1.54) is 38.0 Å². The molecule has 0 saturated carbocycles. The summed E-state index contributed by atoms with van der Waals surface area (Å²) in [4.78, 5) is 4.97. The first-order chi connectivity index (χ1) is 9.70. The smallest absolute Gasteiger partial charge is 0.0332 e. The largest absolute Gasteiger partial charge is 0.310 e. The summed E-state index contributed by atoms with van der Waals surface area (Å²) < 4.78 is 0. The highest BCUT2D eigenvalue weighted by Gasteiger charge is 2.24. The molecule has 0 spiro atoms. The summed E-state index contributed by atoms with van der Waals surface area (Å²) in [5.74, 6) is 0. The molecule has 1 N–H and O–H groups in total. The fraction of sp³-hybridized carbons (Fsp3) is 0.647. The molecule has 1 aliphatic heterocycles. The van der Waals surface area contributed by atoms with E-state index in [4.69, 9.17) is 0 Å². The molecule has 0 bridgehead atoms. The Bertz CT molecular complexity index is 377. The van der Waals surface area contributed by atoms with E-state index in [0.29, 0.717) is 6.04 Å². The van der Waals surface area contributed by atoms with Crippen molar-refractivity contribution >= 4 is 0 Å². The quantitative estimate of drug-likeness (QED) is 0.824. The molecule has 0 aromatic heterocycles. The molecule has 0 amide bonds. The first kappa shape index (κ1) is 15.5. The van der Waals surface area contributed by atoms with Crippen molar-refractivity contribution in [1.82, 2.24) is 15.1 Å². The Morgan fingerprint density at radius 1 is 1.30 bits per heavy atom. The summed E-state index contributed by atoms with van der Waals surface area (Å²) in [7, 11) is 4.39. The van der Waals surface area contributed by atoms with Gasteiger partial charge in [0.15, 0.2) is 0 Å². The first-order valence-electron chi connectivity index (χ1n) is 7.87. The number of hydrogen-bond donors (Lipinski definition) is 1. The van der Waals surface area contributed by atoms with Crippen LogP contribution in [0.2, 0.25) is 0 Å². The van der Waals surface area contributed by atoms with Crippen LogP contribution in [-0.4, -0.2) is 56.1 Å². The summed E-state index contributed by atoms with van der Waals surface area (Å²) in [5.41, 5.74) is 1.41. The monoisotopic (exact) mass is 275 g/mol. The van der Waals surface area contributed by atoms with Crippen LogP contribution in [0.5, 0.6) is 0 Å². The number of likely N-dealkylation sites (tertiary alicyclic amines) is 1. The molecule has 1 fully saturated rings. The normalized spacial score (nSPS) is 21.5. The summed E-state index contributed by atoms with van der Waals surface area (Å²) in [5, 5.41) is 3.62. The molecular formula is C17H29N3. The lowest BCUT2D eigenvalue weighted by molar-refractivity contribution is 0.260. The maximum Gasteiger partial charge on any atom is 0.0332 e. The maximum absolute atomic E-state index is 3.62. The molecule has 112 valence electrons.